The van der Waals surface area contributed by atoms with E-state index in [1.165, 1.54) is 18.6 Å². The van der Waals surface area contributed by atoms with Gasteiger partial charge in [0.15, 0.2) is 0 Å². The second-order valence-corrected chi connectivity index (χ2v) is 3.85. The zero-order valence-corrected chi connectivity index (χ0v) is 9.93. The summed E-state index contributed by atoms with van der Waals surface area (Å²) in [6.45, 7) is 2.09. The number of aromatic nitrogens is 1. The van der Waals surface area contributed by atoms with Gasteiger partial charge in [-0.15, -0.1) is 0 Å². The SMILES string of the molecule is CCCc1cc(NC(=O)N(C)OC)sn1. The number of hydroxylamine groups is 2. The van der Waals surface area contributed by atoms with Gasteiger partial charge in [-0.1, -0.05) is 13.3 Å². The van der Waals surface area contributed by atoms with Crippen LogP contribution in [0.1, 0.15) is 19.0 Å². The van der Waals surface area contributed by atoms with Crippen LogP contribution in [0.4, 0.5) is 9.80 Å². The van der Waals surface area contributed by atoms with Crippen LogP contribution in [-0.4, -0.2) is 29.6 Å². The lowest BCUT2D eigenvalue weighted by atomic mass is 10.2. The van der Waals surface area contributed by atoms with Gasteiger partial charge in [-0.3, -0.25) is 10.2 Å². The van der Waals surface area contributed by atoms with Gasteiger partial charge in [-0.05, 0) is 24.0 Å². The second-order valence-electron chi connectivity index (χ2n) is 3.04. The fourth-order valence-corrected chi connectivity index (χ4v) is 1.69. The number of carbonyl (C=O) groups is 1. The molecule has 0 aliphatic carbocycles. The van der Waals surface area contributed by atoms with Crippen LogP contribution in [0.5, 0.6) is 0 Å². The summed E-state index contributed by atoms with van der Waals surface area (Å²) < 4.78 is 4.21. The molecule has 84 valence electrons. The predicted molar refractivity (Wildman–Crippen MR) is 59.9 cm³/mol. The predicted octanol–water partition coefficient (Wildman–Crippen LogP) is 2.12. The number of nitrogens with one attached hydrogen (secondary N) is 1. The molecular weight excluding hydrogens is 214 g/mol. The van der Waals surface area contributed by atoms with Crippen molar-refractivity contribution >= 4 is 22.6 Å². The fraction of sp³-hybridized carbons (Fsp3) is 0.556. The molecule has 1 rings (SSSR count). The number of carbonyl (C=O) groups excluding carboxylic acids is 1. The van der Waals surface area contributed by atoms with Crippen LogP contribution < -0.4 is 5.32 Å². The Bertz CT molecular complexity index is 327. The van der Waals surface area contributed by atoms with Crippen molar-refractivity contribution < 1.29 is 9.63 Å². The monoisotopic (exact) mass is 229 g/mol. The summed E-state index contributed by atoms with van der Waals surface area (Å²) in [5.74, 6) is 0. The Kier molecular flexibility index (Phi) is 4.51. The number of rotatable bonds is 4. The Hall–Kier alpha value is -1.14. The average Bonchev–Trinajstić information content (AvgIpc) is 2.65. The zero-order valence-electron chi connectivity index (χ0n) is 9.11. The van der Waals surface area contributed by atoms with E-state index in [-0.39, 0.29) is 6.03 Å². The molecule has 1 N–H and O–H groups in total. The lowest BCUT2D eigenvalue weighted by molar-refractivity contribution is -0.0597. The standard InChI is InChI=1S/C9H15N3O2S/c1-4-5-7-6-8(15-11-7)10-9(13)12(2)14-3/h6H,4-5H2,1-3H3,(H,10,13). The van der Waals surface area contributed by atoms with Crippen molar-refractivity contribution in [2.75, 3.05) is 19.5 Å². The highest BCUT2D eigenvalue weighted by Gasteiger charge is 2.09. The minimum atomic E-state index is -0.302. The maximum absolute atomic E-state index is 11.4. The lowest BCUT2D eigenvalue weighted by Crippen LogP contribution is -2.29. The first kappa shape index (κ1) is 11.9. The summed E-state index contributed by atoms with van der Waals surface area (Å²) >= 11 is 1.28. The van der Waals surface area contributed by atoms with E-state index < -0.39 is 0 Å². The van der Waals surface area contributed by atoms with Crippen molar-refractivity contribution in [3.8, 4) is 0 Å². The van der Waals surface area contributed by atoms with Gasteiger partial charge in [-0.2, -0.15) is 4.37 Å². The minimum Gasteiger partial charge on any atom is -0.296 e. The molecule has 1 aromatic rings. The summed E-state index contributed by atoms with van der Waals surface area (Å²) in [6.07, 6.45) is 1.99. The molecule has 0 aliphatic heterocycles. The second kappa shape index (κ2) is 5.67. The highest BCUT2D eigenvalue weighted by atomic mass is 32.1. The first-order chi connectivity index (χ1) is 7.17. The van der Waals surface area contributed by atoms with Crippen LogP contribution in [0.2, 0.25) is 0 Å². The quantitative estimate of drug-likeness (QED) is 0.805. The average molecular weight is 229 g/mol. The molecule has 0 radical (unpaired) electrons. The number of nitrogens with zero attached hydrogens (tertiary/aromatic N) is 2. The largest absolute Gasteiger partial charge is 0.346 e. The first-order valence-electron chi connectivity index (χ1n) is 4.71. The molecule has 1 aromatic heterocycles. The van der Waals surface area contributed by atoms with Crippen LogP contribution in [0, 0.1) is 0 Å². The molecule has 0 aromatic carbocycles. The maximum Gasteiger partial charge on any atom is 0.346 e. The third-order valence-electron chi connectivity index (χ3n) is 1.86. The number of hydrogen-bond acceptors (Lipinski definition) is 4. The number of urea groups is 1. The van der Waals surface area contributed by atoms with E-state index in [0.29, 0.717) is 0 Å². The van der Waals surface area contributed by atoms with Crippen molar-refractivity contribution in [3.63, 3.8) is 0 Å². The molecule has 0 bridgehead atoms. The van der Waals surface area contributed by atoms with Crippen molar-refractivity contribution in [2.24, 2.45) is 0 Å². The third-order valence-corrected chi connectivity index (χ3v) is 2.60. The van der Waals surface area contributed by atoms with Crippen molar-refractivity contribution in [3.05, 3.63) is 11.8 Å². The molecule has 5 nitrogen and oxygen atoms in total. The molecule has 0 fully saturated rings. The molecule has 0 atom stereocenters. The van der Waals surface area contributed by atoms with E-state index in [1.54, 1.807) is 7.05 Å². The summed E-state index contributed by atoms with van der Waals surface area (Å²) in [5, 5.41) is 4.56. The van der Waals surface area contributed by atoms with E-state index in [0.717, 1.165) is 28.6 Å². The lowest BCUT2D eigenvalue weighted by Gasteiger charge is -2.12. The van der Waals surface area contributed by atoms with Crippen molar-refractivity contribution in [1.29, 1.82) is 0 Å². The Morgan fingerprint density at radius 1 is 1.73 bits per heavy atom. The summed E-state index contributed by atoms with van der Waals surface area (Å²) in [6, 6.07) is 1.58. The van der Waals surface area contributed by atoms with E-state index in [2.05, 4.69) is 16.6 Å². The van der Waals surface area contributed by atoms with Gasteiger partial charge < -0.3 is 0 Å². The first-order valence-corrected chi connectivity index (χ1v) is 5.49. The molecule has 6 heteroatoms. The maximum atomic E-state index is 11.4. The smallest absolute Gasteiger partial charge is 0.296 e. The van der Waals surface area contributed by atoms with E-state index in [9.17, 15) is 4.79 Å². The zero-order chi connectivity index (χ0) is 11.3. The van der Waals surface area contributed by atoms with Gasteiger partial charge in [0.2, 0.25) is 0 Å². The summed E-state index contributed by atoms with van der Waals surface area (Å²) in [7, 11) is 2.98. The normalized spacial score (nSPS) is 10.1. The van der Waals surface area contributed by atoms with Gasteiger partial charge >= 0.3 is 6.03 Å². The molecule has 15 heavy (non-hydrogen) atoms. The van der Waals surface area contributed by atoms with E-state index >= 15 is 0 Å². The molecule has 2 amide bonds. The van der Waals surface area contributed by atoms with Gasteiger partial charge in [0.1, 0.15) is 5.00 Å². The Labute approximate surface area is 93.2 Å². The van der Waals surface area contributed by atoms with Crippen LogP contribution >= 0.6 is 11.5 Å². The Balaban J connectivity index is 2.53. The Morgan fingerprint density at radius 2 is 2.47 bits per heavy atom. The molecule has 0 saturated carbocycles. The fourth-order valence-electron chi connectivity index (χ4n) is 1.01. The highest BCUT2D eigenvalue weighted by molar-refractivity contribution is 7.10. The van der Waals surface area contributed by atoms with Gasteiger partial charge in [0.25, 0.3) is 0 Å². The molecule has 0 unspecified atom stereocenters. The number of amides is 2. The summed E-state index contributed by atoms with van der Waals surface area (Å²) in [4.78, 5) is 16.1. The van der Waals surface area contributed by atoms with Gasteiger partial charge in [0, 0.05) is 7.05 Å². The van der Waals surface area contributed by atoms with E-state index in [1.807, 2.05) is 6.07 Å². The molecular formula is C9H15N3O2S. The molecule has 1 heterocycles. The molecule has 0 saturated heterocycles. The van der Waals surface area contributed by atoms with Crippen molar-refractivity contribution in [1.82, 2.24) is 9.44 Å². The van der Waals surface area contributed by atoms with Crippen LogP contribution in [-0.2, 0) is 11.3 Å². The number of aryl methyl sites for hydroxylation is 1. The van der Waals surface area contributed by atoms with Crippen LogP contribution in [0.3, 0.4) is 0 Å². The highest BCUT2D eigenvalue weighted by Crippen LogP contribution is 2.17. The summed E-state index contributed by atoms with van der Waals surface area (Å²) in [5.41, 5.74) is 1.01. The number of anilines is 1. The minimum absolute atomic E-state index is 0.302. The van der Waals surface area contributed by atoms with E-state index in [4.69, 9.17) is 4.84 Å². The van der Waals surface area contributed by atoms with Crippen molar-refractivity contribution in [2.45, 2.75) is 19.8 Å². The Morgan fingerprint density at radius 3 is 3.07 bits per heavy atom. The third kappa shape index (κ3) is 3.49. The molecule has 0 aliphatic rings. The number of hydrogen-bond donors (Lipinski definition) is 1. The van der Waals surface area contributed by atoms with Gasteiger partial charge in [0.05, 0.1) is 12.8 Å². The topological polar surface area (TPSA) is 54.5 Å². The van der Waals surface area contributed by atoms with Gasteiger partial charge in [-0.25, -0.2) is 9.86 Å². The molecule has 0 spiro atoms. The van der Waals surface area contributed by atoms with Crippen LogP contribution in [0.25, 0.3) is 0 Å². The van der Waals surface area contributed by atoms with Crippen LogP contribution in [0.15, 0.2) is 6.07 Å².